The van der Waals surface area contributed by atoms with Gasteiger partial charge in [0.15, 0.2) is 5.78 Å². The predicted octanol–water partition coefficient (Wildman–Crippen LogP) is 4.20. The summed E-state index contributed by atoms with van der Waals surface area (Å²) in [7, 11) is 2.00. The van der Waals surface area contributed by atoms with Crippen LogP contribution in [0.4, 0.5) is 11.4 Å². The van der Waals surface area contributed by atoms with Crippen molar-refractivity contribution in [3.8, 4) is 0 Å². The number of carbonyl (C=O) groups is 1. The number of benzene rings is 2. The van der Waals surface area contributed by atoms with E-state index in [1.807, 2.05) is 36.8 Å². The molecule has 0 atom stereocenters. The second-order valence-electron chi connectivity index (χ2n) is 7.76. The van der Waals surface area contributed by atoms with Crippen LogP contribution in [0.25, 0.3) is 0 Å². The molecular formula is C23H28N3O. The molecule has 4 nitrogen and oxygen atoms in total. The summed E-state index contributed by atoms with van der Waals surface area (Å²) in [5, 5.41) is 3.21. The number of carbonyl (C=O) groups excluding carboxylic acids is 1. The Kier molecular flexibility index (Phi) is 5.44. The fourth-order valence-electron chi connectivity index (χ4n) is 4.13. The fraction of sp³-hybridized carbons (Fsp3) is 0.391. The van der Waals surface area contributed by atoms with E-state index in [-0.39, 0.29) is 5.78 Å². The number of fused-ring (bicyclic) bond motifs is 1. The van der Waals surface area contributed by atoms with Crippen molar-refractivity contribution in [3.63, 3.8) is 0 Å². The van der Waals surface area contributed by atoms with Crippen LogP contribution in [0.15, 0.2) is 48.5 Å². The van der Waals surface area contributed by atoms with Crippen LogP contribution in [0.3, 0.4) is 0 Å². The Morgan fingerprint density at radius 1 is 1.11 bits per heavy atom. The maximum atomic E-state index is 12.6. The molecule has 0 bridgehead atoms. The quantitative estimate of drug-likeness (QED) is 0.782. The summed E-state index contributed by atoms with van der Waals surface area (Å²) in [6.45, 7) is 5.00. The van der Waals surface area contributed by atoms with Crippen LogP contribution < -0.4 is 10.2 Å². The lowest BCUT2D eigenvalue weighted by Gasteiger charge is -2.31. The summed E-state index contributed by atoms with van der Waals surface area (Å²) < 4.78 is 0. The first kappa shape index (κ1) is 18.1. The van der Waals surface area contributed by atoms with Crippen molar-refractivity contribution in [2.45, 2.75) is 25.7 Å². The van der Waals surface area contributed by atoms with Crippen LogP contribution in [0.5, 0.6) is 0 Å². The molecule has 2 aromatic rings. The average molecular weight is 362 g/mol. The molecule has 2 heterocycles. The minimum absolute atomic E-state index is 0.237. The SMILES string of the molecule is CN1[CH]Nc2cc(C(=O)CCN3CCC(Cc4ccccc4)CC3)ccc21. The van der Waals surface area contributed by atoms with E-state index in [1.165, 1.54) is 24.8 Å². The van der Waals surface area contributed by atoms with Gasteiger partial charge in [0.2, 0.25) is 0 Å². The minimum Gasteiger partial charge on any atom is -0.360 e. The Labute approximate surface area is 162 Å². The molecule has 1 fully saturated rings. The van der Waals surface area contributed by atoms with Crippen LogP contribution in [0, 0.1) is 12.6 Å². The van der Waals surface area contributed by atoms with Gasteiger partial charge < -0.3 is 15.1 Å². The number of rotatable bonds is 6. The highest BCUT2D eigenvalue weighted by atomic mass is 16.1. The van der Waals surface area contributed by atoms with E-state index in [0.717, 1.165) is 42.5 Å². The molecule has 0 spiro atoms. The standard InChI is InChI=1S/C23H28N3O/c1-25-17-24-21-16-20(7-8-22(21)25)23(27)11-14-26-12-9-19(10-13-26)15-18-5-3-2-4-6-18/h2-8,16-17,19,24H,9-15H2,1H3. The number of anilines is 2. The fourth-order valence-corrected chi connectivity index (χ4v) is 4.13. The van der Waals surface area contributed by atoms with Gasteiger partial charge in [0, 0.05) is 25.6 Å². The number of hydrogen-bond donors (Lipinski definition) is 1. The topological polar surface area (TPSA) is 35.6 Å². The second-order valence-corrected chi connectivity index (χ2v) is 7.76. The lowest BCUT2D eigenvalue weighted by atomic mass is 9.90. The third-order valence-corrected chi connectivity index (χ3v) is 5.84. The van der Waals surface area contributed by atoms with Crippen molar-refractivity contribution < 1.29 is 4.79 Å². The lowest BCUT2D eigenvalue weighted by Crippen LogP contribution is -2.35. The van der Waals surface area contributed by atoms with Crippen LogP contribution in [-0.4, -0.2) is 37.4 Å². The first-order chi connectivity index (χ1) is 13.2. The highest BCUT2D eigenvalue weighted by Crippen LogP contribution is 2.32. The molecule has 1 N–H and O–H groups in total. The number of ketones is 1. The van der Waals surface area contributed by atoms with Crippen molar-refractivity contribution in [2.75, 3.05) is 36.9 Å². The highest BCUT2D eigenvalue weighted by molar-refractivity contribution is 5.98. The van der Waals surface area contributed by atoms with Crippen molar-refractivity contribution >= 4 is 17.2 Å². The van der Waals surface area contributed by atoms with Crippen LogP contribution in [0.1, 0.15) is 35.2 Å². The number of hydrogen-bond acceptors (Lipinski definition) is 4. The van der Waals surface area contributed by atoms with Gasteiger partial charge in [-0.2, -0.15) is 0 Å². The molecule has 2 aliphatic heterocycles. The monoisotopic (exact) mass is 362 g/mol. The molecule has 4 heteroatoms. The summed E-state index contributed by atoms with van der Waals surface area (Å²) in [5.74, 6) is 1.01. The molecule has 4 rings (SSSR count). The zero-order valence-corrected chi connectivity index (χ0v) is 16.0. The van der Waals surface area contributed by atoms with Crippen molar-refractivity contribution in [3.05, 3.63) is 66.3 Å². The Morgan fingerprint density at radius 2 is 1.89 bits per heavy atom. The maximum absolute atomic E-state index is 12.6. The number of Topliss-reactive ketones (excluding diaryl/α,β-unsaturated/α-hetero) is 1. The Bertz CT molecular complexity index is 781. The lowest BCUT2D eigenvalue weighted by molar-refractivity contribution is 0.0951. The van der Waals surface area contributed by atoms with Gasteiger partial charge in [-0.25, -0.2) is 0 Å². The zero-order valence-electron chi connectivity index (χ0n) is 16.0. The van der Waals surface area contributed by atoms with Gasteiger partial charge in [-0.05, 0) is 62.0 Å². The summed E-state index contributed by atoms with van der Waals surface area (Å²) in [6, 6.07) is 16.7. The van der Waals surface area contributed by atoms with Crippen molar-refractivity contribution in [1.82, 2.24) is 4.90 Å². The number of nitrogens with one attached hydrogen (secondary N) is 1. The molecule has 141 valence electrons. The van der Waals surface area contributed by atoms with E-state index in [4.69, 9.17) is 0 Å². The Morgan fingerprint density at radius 3 is 2.67 bits per heavy atom. The average Bonchev–Trinajstić information content (AvgIpc) is 3.08. The molecule has 0 aromatic heterocycles. The van der Waals surface area contributed by atoms with Gasteiger partial charge in [-0.1, -0.05) is 30.3 Å². The largest absolute Gasteiger partial charge is 0.360 e. The normalized spacial score (nSPS) is 17.6. The molecule has 0 aliphatic carbocycles. The molecule has 27 heavy (non-hydrogen) atoms. The first-order valence-corrected chi connectivity index (χ1v) is 9.95. The third kappa shape index (κ3) is 4.33. The number of nitrogens with zero attached hydrogens (tertiary/aromatic N) is 2. The van der Waals surface area contributed by atoms with E-state index < -0.39 is 0 Å². The molecule has 2 aliphatic rings. The van der Waals surface area contributed by atoms with E-state index in [0.29, 0.717) is 6.42 Å². The summed E-state index contributed by atoms with van der Waals surface area (Å²) in [6.07, 6.45) is 4.24. The van der Waals surface area contributed by atoms with Crippen molar-refractivity contribution in [2.24, 2.45) is 5.92 Å². The molecule has 0 unspecified atom stereocenters. The maximum Gasteiger partial charge on any atom is 0.164 e. The zero-order chi connectivity index (χ0) is 18.6. The van der Waals surface area contributed by atoms with Crippen molar-refractivity contribution in [1.29, 1.82) is 0 Å². The number of likely N-dealkylation sites (tertiary alicyclic amines) is 1. The highest BCUT2D eigenvalue weighted by Gasteiger charge is 2.21. The van der Waals surface area contributed by atoms with E-state index >= 15 is 0 Å². The van der Waals surface area contributed by atoms with Gasteiger partial charge >= 0.3 is 0 Å². The van der Waals surface area contributed by atoms with E-state index in [1.54, 1.807) is 0 Å². The molecular weight excluding hydrogens is 334 g/mol. The third-order valence-electron chi connectivity index (χ3n) is 5.84. The van der Waals surface area contributed by atoms with E-state index in [9.17, 15) is 4.79 Å². The Balaban J connectivity index is 1.24. The smallest absolute Gasteiger partial charge is 0.164 e. The van der Waals surface area contributed by atoms with Crippen LogP contribution in [0.2, 0.25) is 0 Å². The first-order valence-electron chi connectivity index (χ1n) is 9.95. The van der Waals surface area contributed by atoms with Crippen LogP contribution in [-0.2, 0) is 6.42 Å². The summed E-state index contributed by atoms with van der Waals surface area (Å²) >= 11 is 0. The summed E-state index contributed by atoms with van der Waals surface area (Å²) in [4.78, 5) is 17.1. The van der Waals surface area contributed by atoms with Gasteiger partial charge in [-0.15, -0.1) is 0 Å². The van der Waals surface area contributed by atoms with Gasteiger partial charge in [0.05, 0.1) is 11.4 Å². The Hall–Kier alpha value is -2.33. The molecule has 0 amide bonds. The number of piperidine rings is 1. The molecule has 2 aromatic carbocycles. The van der Waals surface area contributed by atoms with Gasteiger partial charge in [0.1, 0.15) is 6.67 Å². The minimum atomic E-state index is 0.237. The molecule has 0 saturated carbocycles. The summed E-state index contributed by atoms with van der Waals surface area (Å²) in [5.41, 5.74) is 4.39. The van der Waals surface area contributed by atoms with E-state index in [2.05, 4.69) is 40.5 Å². The predicted molar refractivity (Wildman–Crippen MR) is 111 cm³/mol. The molecule has 1 saturated heterocycles. The van der Waals surface area contributed by atoms with Gasteiger partial charge in [0.25, 0.3) is 0 Å². The molecule has 1 radical (unpaired) electrons. The van der Waals surface area contributed by atoms with Crippen LogP contribution >= 0.6 is 0 Å². The second kappa shape index (κ2) is 8.13. The van der Waals surface area contributed by atoms with Gasteiger partial charge in [-0.3, -0.25) is 4.79 Å².